The molecule has 1 rings (SSSR count). The highest BCUT2D eigenvalue weighted by molar-refractivity contribution is 7.81. The predicted octanol–water partition coefficient (Wildman–Crippen LogP) is -2.53. The van der Waals surface area contributed by atoms with Crippen LogP contribution in [0.25, 0.3) is 0 Å². The fraction of sp³-hybridized carbons (Fsp3) is 0.857. The van der Waals surface area contributed by atoms with Gasteiger partial charge in [0.15, 0.2) is 6.23 Å². The van der Waals surface area contributed by atoms with Gasteiger partial charge in [-0.2, -0.15) is 12.6 Å². The first-order valence-corrected chi connectivity index (χ1v) is 4.76. The van der Waals surface area contributed by atoms with Crippen molar-refractivity contribution in [2.24, 2.45) is 0 Å². The minimum absolute atomic E-state index is 0.0353. The van der Waals surface area contributed by atoms with E-state index in [4.69, 9.17) is 9.84 Å². The second kappa shape index (κ2) is 4.94. The van der Waals surface area contributed by atoms with E-state index >= 15 is 0 Å². The molecule has 0 spiro atoms. The van der Waals surface area contributed by atoms with E-state index in [2.05, 4.69) is 17.9 Å². The van der Waals surface area contributed by atoms with Gasteiger partial charge in [-0.1, -0.05) is 0 Å². The predicted molar refractivity (Wildman–Crippen MR) is 49.8 cm³/mol. The zero-order valence-corrected chi connectivity index (χ0v) is 8.22. The van der Waals surface area contributed by atoms with Crippen LogP contribution in [0.4, 0.5) is 0 Å². The number of rotatable bonds is 3. The Morgan fingerprint density at radius 3 is 2.50 bits per heavy atom. The monoisotopic (exact) mass is 223 g/mol. The number of carbonyl (C=O) groups excluding carboxylic acids is 1. The summed E-state index contributed by atoms with van der Waals surface area (Å²) in [6.07, 6.45) is -4.27. The Bertz CT molecular complexity index is 214. The van der Waals surface area contributed by atoms with Crippen LogP contribution in [0.3, 0.4) is 0 Å². The van der Waals surface area contributed by atoms with Crippen molar-refractivity contribution >= 4 is 18.5 Å². The van der Waals surface area contributed by atoms with Gasteiger partial charge >= 0.3 is 0 Å². The van der Waals surface area contributed by atoms with Crippen LogP contribution in [0.15, 0.2) is 0 Å². The van der Waals surface area contributed by atoms with Gasteiger partial charge in [-0.05, 0) is 0 Å². The first kappa shape index (κ1) is 11.7. The summed E-state index contributed by atoms with van der Waals surface area (Å²) in [5.74, 6) is -0.449. The van der Waals surface area contributed by atoms with Gasteiger partial charge in [0, 0.05) is 0 Å². The van der Waals surface area contributed by atoms with Gasteiger partial charge in [-0.15, -0.1) is 0 Å². The van der Waals surface area contributed by atoms with Gasteiger partial charge in [0.25, 0.3) is 0 Å². The fourth-order valence-electron chi connectivity index (χ4n) is 1.22. The van der Waals surface area contributed by atoms with Crippen LogP contribution in [0.2, 0.25) is 0 Å². The Morgan fingerprint density at radius 1 is 1.43 bits per heavy atom. The Hall–Kier alpha value is -0.340. The first-order chi connectivity index (χ1) is 6.60. The van der Waals surface area contributed by atoms with Crippen molar-refractivity contribution in [1.29, 1.82) is 0 Å². The van der Waals surface area contributed by atoms with E-state index in [0.717, 1.165) is 0 Å². The lowest BCUT2D eigenvalue weighted by Crippen LogP contribution is -2.44. The number of thiol groups is 1. The van der Waals surface area contributed by atoms with Crippen LogP contribution in [0, 0.1) is 0 Å². The van der Waals surface area contributed by atoms with Crippen molar-refractivity contribution < 1.29 is 24.9 Å². The van der Waals surface area contributed by atoms with Crippen molar-refractivity contribution in [3.05, 3.63) is 0 Å². The van der Waals surface area contributed by atoms with E-state index in [1.165, 1.54) is 0 Å². The highest BCUT2D eigenvalue weighted by atomic mass is 32.1. The summed E-state index contributed by atoms with van der Waals surface area (Å²) in [4.78, 5) is 10.9. The zero-order valence-electron chi connectivity index (χ0n) is 7.33. The molecule has 0 saturated carbocycles. The third-order valence-electron chi connectivity index (χ3n) is 1.99. The molecule has 1 fully saturated rings. The minimum Gasteiger partial charge on any atom is -0.394 e. The molecule has 0 radical (unpaired) electrons. The van der Waals surface area contributed by atoms with E-state index in [1.54, 1.807) is 0 Å². The maximum Gasteiger partial charge on any atom is 0.231 e. The van der Waals surface area contributed by atoms with Crippen molar-refractivity contribution in [2.75, 3.05) is 12.4 Å². The summed E-state index contributed by atoms with van der Waals surface area (Å²) >= 11 is 3.72. The number of aliphatic hydroxyl groups is 3. The maximum absolute atomic E-state index is 10.9. The molecule has 0 aliphatic carbocycles. The summed E-state index contributed by atoms with van der Waals surface area (Å²) in [6.45, 7) is -0.411. The molecule has 7 heteroatoms. The van der Waals surface area contributed by atoms with Crippen molar-refractivity contribution in [1.82, 2.24) is 5.32 Å². The third kappa shape index (κ3) is 2.37. The molecule has 0 bridgehead atoms. The molecule has 4 N–H and O–H groups in total. The minimum atomic E-state index is -1.23. The highest BCUT2D eigenvalue weighted by Crippen LogP contribution is 2.19. The van der Waals surface area contributed by atoms with Crippen LogP contribution in [0.5, 0.6) is 0 Å². The first-order valence-electron chi connectivity index (χ1n) is 4.12. The quantitative estimate of drug-likeness (QED) is 0.340. The summed E-state index contributed by atoms with van der Waals surface area (Å²) in [5.41, 5.74) is 0. The molecule has 0 aromatic heterocycles. The van der Waals surface area contributed by atoms with E-state index in [-0.39, 0.29) is 5.75 Å². The second-order valence-corrected chi connectivity index (χ2v) is 3.30. The summed E-state index contributed by atoms with van der Waals surface area (Å²) in [6, 6.07) is 0. The molecule has 82 valence electrons. The molecule has 0 aromatic rings. The Kier molecular flexibility index (Phi) is 4.14. The van der Waals surface area contributed by atoms with Crippen LogP contribution in [-0.4, -0.2) is 58.1 Å². The molecule has 6 nitrogen and oxygen atoms in total. The lowest BCUT2D eigenvalue weighted by molar-refractivity contribution is -0.124. The second-order valence-electron chi connectivity index (χ2n) is 2.98. The van der Waals surface area contributed by atoms with Crippen molar-refractivity contribution in [3.63, 3.8) is 0 Å². The van der Waals surface area contributed by atoms with Gasteiger partial charge in [0.05, 0.1) is 12.4 Å². The zero-order chi connectivity index (χ0) is 10.7. The smallest absolute Gasteiger partial charge is 0.231 e. The Labute approximate surface area is 86.3 Å². The standard InChI is InChI=1S/C7H13NO5S/c9-1-3-5(11)6(12)7(13-3)8-4(10)2-14/h3,5-7,9,11-12,14H,1-2H2,(H,8,10)/t3-,5-,6+,7+/m0/s1. The lowest BCUT2D eigenvalue weighted by Gasteiger charge is -2.15. The van der Waals surface area contributed by atoms with E-state index in [1.807, 2.05) is 0 Å². The fourth-order valence-corrected chi connectivity index (χ4v) is 1.31. The molecule has 1 heterocycles. The van der Waals surface area contributed by atoms with Gasteiger partial charge in [0.2, 0.25) is 5.91 Å². The van der Waals surface area contributed by atoms with Gasteiger partial charge in [-0.3, -0.25) is 4.79 Å². The Morgan fingerprint density at radius 2 is 2.07 bits per heavy atom. The molecule has 1 aliphatic rings. The van der Waals surface area contributed by atoms with E-state index in [9.17, 15) is 15.0 Å². The number of hydrogen-bond donors (Lipinski definition) is 5. The van der Waals surface area contributed by atoms with E-state index in [0.29, 0.717) is 0 Å². The molecular weight excluding hydrogens is 210 g/mol. The van der Waals surface area contributed by atoms with Crippen LogP contribution in [0.1, 0.15) is 0 Å². The van der Waals surface area contributed by atoms with Crippen LogP contribution in [-0.2, 0) is 9.53 Å². The number of aliphatic hydroxyl groups excluding tert-OH is 3. The van der Waals surface area contributed by atoms with Crippen LogP contribution < -0.4 is 5.32 Å². The molecule has 1 amide bonds. The lowest BCUT2D eigenvalue weighted by atomic mass is 10.1. The molecular formula is C7H13NO5S. The highest BCUT2D eigenvalue weighted by Gasteiger charge is 2.42. The van der Waals surface area contributed by atoms with Gasteiger partial charge in [0.1, 0.15) is 18.3 Å². The molecule has 1 saturated heterocycles. The number of amides is 1. The largest absolute Gasteiger partial charge is 0.394 e. The molecule has 14 heavy (non-hydrogen) atoms. The third-order valence-corrected chi connectivity index (χ3v) is 2.28. The maximum atomic E-state index is 10.9. The number of carbonyl (C=O) groups is 1. The van der Waals surface area contributed by atoms with Crippen molar-refractivity contribution in [2.45, 2.75) is 24.5 Å². The Balaban J connectivity index is 2.52. The normalized spacial score (nSPS) is 37.1. The van der Waals surface area contributed by atoms with Gasteiger partial charge < -0.3 is 25.4 Å². The molecule has 0 aromatic carbocycles. The average molecular weight is 223 g/mol. The summed E-state index contributed by atoms with van der Waals surface area (Å²) in [5, 5.41) is 29.7. The molecule has 4 atom stereocenters. The average Bonchev–Trinajstić information content (AvgIpc) is 2.45. The van der Waals surface area contributed by atoms with Crippen LogP contribution >= 0.6 is 12.6 Å². The number of ether oxygens (including phenoxy) is 1. The summed E-state index contributed by atoms with van der Waals surface area (Å²) < 4.78 is 4.99. The molecule has 1 aliphatic heterocycles. The topological polar surface area (TPSA) is 99.0 Å². The van der Waals surface area contributed by atoms with Crippen molar-refractivity contribution in [3.8, 4) is 0 Å². The number of hydrogen-bond acceptors (Lipinski definition) is 6. The SMILES string of the molecule is O=C(CS)N[C@@H]1O[C@@H](CO)[C@H](O)[C@H]1O. The van der Waals surface area contributed by atoms with Gasteiger partial charge in [-0.25, -0.2) is 0 Å². The summed E-state index contributed by atoms with van der Waals surface area (Å²) in [7, 11) is 0. The molecule has 0 unspecified atom stereocenters. The van der Waals surface area contributed by atoms with E-state index < -0.39 is 37.1 Å². The number of nitrogens with one attached hydrogen (secondary N) is 1.